The average Bonchev–Trinajstić information content (AvgIpc) is 2.36. The Bertz CT molecular complexity index is 362. The van der Waals surface area contributed by atoms with E-state index >= 15 is 0 Å². The maximum absolute atomic E-state index is 11.1. The molecule has 1 fully saturated rings. The summed E-state index contributed by atoms with van der Waals surface area (Å²) in [6.07, 6.45) is -6.57. The predicted octanol–water partition coefficient (Wildman–Crippen LogP) is -2.58. The molecule has 0 saturated carbocycles. The summed E-state index contributed by atoms with van der Waals surface area (Å²) in [5.41, 5.74) is 0. The van der Waals surface area contributed by atoms with Crippen LogP contribution in [0.25, 0.3) is 0 Å². The Morgan fingerprint density at radius 1 is 1.40 bits per heavy atom. The van der Waals surface area contributed by atoms with Gasteiger partial charge in [0.05, 0.1) is 6.61 Å². The largest absolute Gasteiger partial charge is 0.479 e. The first kappa shape index (κ1) is 16.8. The van der Waals surface area contributed by atoms with Crippen LogP contribution in [0.4, 0.5) is 0 Å². The van der Waals surface area contributed by atoms with Crippen LogP contribution in [0.2, 0.25) is 0 Å². The molecule has 9 nitrogen and oxygen atoms in total. The van der Waals surface area contributed by atoms with Crippen molar-refractivity contribution in [2.24, 2.45) is 0 Å². The lowest BCUT2D eigenvalue weighted by Gasteiger charge is -2.42. The van der Waals surface area contributed by atoms with Gasteiger partial charge in [0.15, 0.2) is 12.4 Å². The van der Waals surface area contributed by atoms with Crippen molar-refractivity contribution in [2.75, 3.05) is 6.61 Å². The molecule has 5 N–H and O–H groups in total. The molecule has 1 rings (SSSR count). The number of aliphatic hydroxyl groups excluding tert-OH is 3. The number of hydrogen-bond acceptors (Lipinski definition) is 7. The van der Waals surface area contributed by atoms with Gasteiger partial charge in [-0.2, -0.15) is 0 Å². The number of aliphatic hydroxyl groups is 3. The number of rotatable bonds is 5. The van der Waals surface area contributed by atoms with Crippen LogP contribution in [0, 0.1) is 0 Å². The SMILES string of the molecule is CC(=O)NC1C(O[C@H](C)C(=O)O)[C@@H](O)C(CO)O[C@H]1O. The van der Waals surface area contributed by atoms with E-state index in [4.69, 9.17) is 19.7 Å². The lowest BCUT2D eigenvalue weighted by atomic mass is 9.96. The van der Waals surface area contributed by atoms with Crippen molar-refractivity contribution in [3.8, 4) is 0 Å². The molecule has 1 heterocycles. The second-order valence-corrected chi connectivity index (χ2v) is 4.55. The van der Waals surface area contributed by atoms with Gasteiger partial charge >= 0.3 is 5.97 Å². The number of carbonyl (C=O) groups is 2. The molecule has 0 aromatic carbocycles. The van der Waals surface area contributed by atoms with E-state index in [2.05, 4.69) is 5.32 Å². The fourth-order valence-corrected chi connectivity index (χ4v) is 1.93. The second-order valence-electron chi connectivity index (χ2n) is 4.55. The maximum atomic E-state index is 11.1. The molecule has 0 bridgehead atoms. The minimum Gasteiger partial charge on any atom is -0.479 e. The fraction of sp³-hybridized carbons (Fsp3) is 0.818. The number of carbonyl (C=O) groups excluding carboxylic acids is 1. The van der Waals surface area contributed by atoms with Crippen LogP contribution < -0.4 is 5.32 Å². The van der Waals surface area contributed by atoms with Crippen molar-refractivity contribution >= 4 is 11.9 Å². The van der Waals surface area contributed by atoms with Gasteiger partial charge in [0.1, 0.15) is 24.4 Å². The van der Waals surface area contributed by atoms with Gasteiger partial charge in [-0.3, -0.25) is 4.79 Å². The minimum atomic E-state index is -1.54. The number of aliphatic carboxylic acids is 1. The average molecular weight is 293 g/mol. The third kappa shape index (κ3) is 3.87. The Morgan fingerprint density at radius 2 is 2.00 bits per heavy atom. The number of amides is 1. The van der Waals surface area contributed by atoms with Crippen molar-refractivity contribution in [1.82, 2.24) is 5.32 Å². The highest BCUT2D eigenvalue weighted by Crippen LogP contribution is 2.23. The van der Waals surface area contributed by atoms with Crippen LogP contribution in [-0.2, 0) is 19.1 Å². The first-order valence-corrected chi connectivity index (χ1v) is 6.05. The molecule has 0 aliphatic carbocycles. The van der Waals surface area contributed by atoms with Crippen LogP contribution in [0.5, 0.6) is 0 Å². The Balaban J connectivity index is 2.92. The second kappa shape index (κ2) is 6.95. The zero-order chi connectivity index (χ0) is 15.4. The van der Waals surface area contributed by atoms with Gasteiger partial charge < -0.3 is 35.2 Å². The molecule has 9 heteroatoms. The number of ether oxygens (including phenoxy) is 2. The molecule has 0 radical (unpaired) electrons. The Morgan fingerprint density at radius 3 is 2.45 bits per heavy atom. The lowest BCUT2D eigenvalue weighted by molar-refractivity contribution is -0.267. The van der Waals surface area contributed by atoms with Gasteiger partial charge in [0, 0.05) is 6.92 Å². The maximum Gasteiger partial charge on any atom is 0.332 e. The summed E-state index contributed by atoms with van der Waals surface area (Å²) in [5, 5.41) is 40.0. The van der Waals surface area contributed by atoms with Gasteiger partial charge in [0.25, 0.3) is 0 Å². The Kier molecular flexibility index (Phi) is 5.84. The first-order valence-electron chi connectivity index (χ1n) is 6.05. The summed E-state index contributed by atoms with van der Waals surface area (Å²) in [5.74, 6) is -1.77. The highest BCUT2D eigenvalue weighted by atomic mass is 16.6. The highest BCUT2D eigenvalue weighted by Gasteiger charge is 2.46. The number of carboxylic acid groups (broad SMARTS) is 1. The smallest absolute Gasteiger partial charge is 0.332 e. The van der Waals surface area contributed by atoms with Crippen LogP contribution in [0.1, 0.15) is 13.8 Å². The van der Waals surface area contributed by atoms with Gasteiger partial charge in [0.2, 0.25) is 5.91 Å². The highest BCUT2D eigenvalue weighted by molar-refractivity contribution is 5.73. The summed E-state index contributed by atoms with van der Waals surface area (Å²) in [7, 11) is 0. The van der Waals surface area contributed by atoms with Crippen LogP contribution >= 0.6 is 0 Å². The molecular weight excluding hydrogens is 274 g/mol. The zero-order valence-electron chi connectivity index (χ0n) is 11.1. The molecule has 0 spiro atoms. The number of nitrogens with one attached hydrogen (secondary N) is 1. The number of hydrogen-bond donors (Lipinski definition) is 5. The van der Waals surface area contributed by atoms with Crippen LogP contribution in [0.3, 0.4) is 0 Å². The van der Waals surface area contributed by atoms with Gasteiger partial charge in [-0.25, -0.2) is 4.79 Å². The van der Waals surface area contributed by atoms with Crippen LogP contribution in [-0.4, -0.2) is 75.7 Å². The summed E-state index contributed by atoms with van der Waals surface area (Å²) in [6.45, 7) is 1.84. The summed E-state index contributed by atoms with van der Waals surface area (Å²) in [6, 6.07) is -1.15. The molecule has 1 aliphatic rings. The lowest BCUT2D eigenvalue weighted by Crippen LogP contribution is -2.65. The third-order valence-electron chi connectivity index (χ3n) is 2.95. The standard InChI is InChI=1S/C11H19NO8/c1-4(10(16)17)19-9-7(12-5(2)14)11(18)20-6(3-13)8(9)15/h4,6-9,11,13,15,18H,3H2,1-2H3,(H,12,14)(H,16,17)/t4-,6?,7?,8+,9?,11-/m1/s1. The van der Waals surface area contributed by atoms with Gasteiger partial charge in [-0.05, 0) is 6.92 Å². The molecule has 3 unspecified atom stereocenters. The quantitative estimate of drug-likeness (QED) is 0.371. The molecule has 1 amide bonds. The van der Waals surface area contributed by atoms with Crippen molar-refractivity contribution < 1.29 is 39.5 Å². The number of carboxylic acids is 1. The van der Waals surface area contributed by atoms with E-state index in [1.165, 1.54) is 13.8 Å². The summed E-state index contributed by atoms with van der Waals surface area (Å²) < 4.78 is 10.1. The molecule has 1 aliphatic heterocycles. The molecule has 0 aromatic heterocycles. The van der Waals surface area contributed by atoms with Gasteiger partial charge in [-0.15, -0.1) is 0 Å². The Hall–Kier alpha value is -1.26. The minimum absolute atomic E-state index is 0.510. The molecule has 20 heavy (non-hydrogen) atoms. The van der Waals surface area contributed by atoms with E-state index in [1.54, 1.807) is 0 Å². The third-order valence-corrected chi connectivity index (χ3v) is 2.95. The molecular formula is C11H19NO8. The van der Waals surface area contributed by atoms with E-state index in [0.717, 1.165) is 0 Å². The van der Waals surface area contributed by atoms with Crippen LogP contribution in [0.15, 0.2) is 0 Å². The van der Waals surface area contributed by atoms with Crippen molar-refractivity contribution in [2.45, 2.75) is 50.6 Å². The Labute approximate surface area is 115 Å². The predicted molar refractivity (Wildman–Crippen MR) is 63.5 cm³/mol. The monoisotopic (exact) mass is 293 g/mol. The van der Waals surface area contributed by atoms with E-state index in [1.807, 2.05) is 0 Å². The topological polar surface area (TPSA) is 146 Å². The molecule has 1 saturated heterocycles. The first-order chi connectivity index (χ1) is 9.27. The summed E-state index contributed by atoms with van der Waals surface area (Å²) >= 11 is 0. The van der Waals surface area contributed by atoms with Crippen molar-refractivity contribution in [1.29, 1.82) is 0 Å². The fourth-order valence-electron chi connectivity index (χ4n) is 1.93. The van der Waals surface area contributed by atoms with E-state index in [9.17, 15) is 19.8 Å². The normalized spacial score (nSPS) is 35.4. The van der Waals surface area contributed by atoms with E-state index in [0.29, 0.717) is 0 Å². The molecule has 0 aromatic rings. The van der Waals surface area contributed by atoms with Gasteiger partial charge in [-0.1, -0.05) is 0 Å². The van der Waals surface area contributed by atoms with Crippen molar-refractivity contribution in [3.63, 3.8) is 0 Å². The van der Waals surface area contributed by atoms with E-state index in [-0.39, 0.29) is 0 Å². The molecule has 116 valence electrons. The molecule has 6 atom stereocenters. The van der Waals surface area contributed by atoms with E-state index < -0.39 is 55.2 Å². The van der Waals surface area contributed by atoms with Crippen molar-refractivity contribution in [3.05, 3.63) is 0 Å². The summed E-state index contributed by atoms with van der Waals surface area (Å²) in [4.78, 5) is 21.9. The zero-order valence-corrected chi connectivity index (χ0v) is 11.1.